The van der Waals surface area contributed by atoms with Gasteiger partial charge in [-0.3, -0.25) is 10.3 Å². The monoisotopic (exact) mass is 320 g/mol. The highest BCUT2D eigenvalue weighted by Crippen LogP contribution is 2.11. The summed E-state index contributed by atoms with van der Waals surface area (Å²) in [5.41, 5.74) is 6.34. The molecule has 3 rings (SSSR count). The minimum atomic E-state index is 0.956. The van der Waals surface area contributed by atoms with Gasteiger partial charge < -0.3 is 4.90 Å². The summed E-state index contributed by atoms with van der Waals surface area (Å²) in [6.45, 7) is 9.23. The zero-order valence-electron chi connectivity index (χ0n) is 13.9. The Kier molecular flexibility index (Phi) is 5.64. The van der Waals surface area contributed by atoms with Gasteiger partial charge in [0.05, 0.1) is 11.9 Å². The first kappa shape index (κ1) is 16.3. The predicted octanol–water partition coefficient (Wildman–Crippen LogP) is 3.42. The summed E-state index contributed by atoms with van der Waals surface area (Å²) in [6.07, 6.45) is 1.81. The summed E-state index contributed by atoms with van der Waals surface area (Å²) in [4.78, 5) is 4.77. The molecule has 0 amide bonds. The van der Waals surface area contributed by atoms with Gasteiger partial charge in [-0.2, -0.15) is 5.10 Å². The van der Waals surface area contributed by atoms with Crippen LogP contribution in [0.15, 0.2) is 78.0 Å². The molecule has 24 heavy (non-hydrogen) atoms. The predicted molar refractivity (Wildman–Crippen MR) is 101 cm³/mol. The lowest BCUT2D eigenvalue weighted by atomic mass is 10.2. The Balaban J connectivity index is 1.43. The molecule has 1 fully saturated rings. The van der Waals surface area contributed by atoms with Gasteiger partial charge in [0.15, 0.2) is 0 Å². The Morgan fingerprint density at radius 1 is 0.958 bits per heavy atom. The van der Waals surface area contributed by atoms with Gasteiger partial charge in [0, 0.05) is 38.4 Å². The number of piperazine rings is 1. The molecule has 0 atom stereocenters. The van der Waals surface area contributed by atoms with E-state index >= 15 is 0 Å². The molecule has 0 radical (unpaired) electrons. The number of nitrogens with zero attached hydrogens (tertiary/aromatic N) is 3. The maximum absolute atomic E-state index is 4.27. The zero-order valence-corrected chi connectivity index (χ0v) is 13.9. The van der Waals surface area contributed by atoms with Crippen molar-refractivity contribution < 1.29 is 0 Å². The fourth-order valence-electron chi connectivity index (χ4n) is 2.81. The van der Waals surface area contributed by atoms with Crippen LogP contribution >= 0.6 is 0 Å². The maximum atomic E-state index is 4.27. The molecule has 124 valence electrons. The van der Waals surface area contributed by atoms with Crippen LogP contribution in [0.3, 0.4) is 0 Å². The van der Waals surface area contributed by atoms with E-state index in [-0.39, 0.29) is 0 Å². The van der Waals surface area contributed by atoms with Crippen LogP contribution in [0.2, 0.25) is 0 Å². The van der Waals surface area contributed by atoms with Crippen LogP contribution in [0, 0.1) is 0 Å². The van der Waals surface area contributed by atoms with E-state index in [4.69, 9.17) is 0 Å². The fraction of sp³-hybridized carbons (Fsp3) is 0.250. The molecule has 4 nitrogen and oxygen atoms in total. The van der Waals surface area contributed by atoms with E-state index in [1.807, 2.05) is 30.3 Å². The number of nitrogens with one attached hydrogen (secondary N) is 1. The lowest BCUT2D eigenvalue weighted by molar-refractivity contribution is 0.158. The van der Waals surface area contributed by atoms with Gasteiger partial charge in [0.25, 0.3) is 0 Å². The number of allylic oxidation sites excluding steroid dienone is 1. The van der Waals surface area contributed by atoms with Gasteiger partial charge in [0.1, 0.15) is 0 Å². The quantitative estimate of drug-likeness (QED) is 0.653. The molecule has 0 aromatic heterocycles. The van der Waals surface area contributed by atoms with Crippen LogP contribution in [0.25, 0.3) is 0 Å². The van der Waals surface area contributed by atoms with E-state index in [1.165, 1.54) is 5.56 Å². The highest BCUT2D eigenvalue weighted by atomic mass is 15.3. The number of benzene rings is 2. The van der Waals surface area contributed by atoms with Crippen LogP contribution in [-0.4, -0.2) is 42.2 Å². The second-order valence-corrected chi connectivity index (χ2v) is 5.98. The van der Waals surface area contributed by atoms with E-state index in [9.17, 15) is 0 Å². The third-order valence-electron chi connectivity index (χ3n) is 4.21. The molecule has 1 saturated heterocycles. The molecule has 2 aromatic rings. The molecule has 0 aliphatic carbocycles. The van der Waals surface area contributed by atoms with E-state index < -0.39 is 0 Å². The molecule has 1 N–H and O–H groups in total. The Labute approximate surface area is 144 Å². The van der Waals surface area contributed by atoms with Crippen molar-refractivity contribution in [3.63, 3.8) is 0 Å². The standard InChI is InChI=1S/C20H24N4/c1-18(16-21-22-20-10-6-3-7-11-20)24-14-12-23(13-15-24)17-19-8-4-2-5-9-19/h2-11,16,22H,1,12-15,17H2/b21-16+. The summed E-state index contributed by atoms with van der Waals surface area (Å²) in [7, 11) is 0. The Morgan fingerprint density at radius 2 is 1.58 bits per heavy atom. The van der Waals surface area contributed by atoms with Crippen LogP contribution in [0.1, 0.15) is 5.56 Å². The fourth-order valence-corrected chi connectivity index (χ4v) is 2.81. The van der Waals surface area contributed by atoms with Crippen molar-refractivity contribution in [3.8, 4) is 0 Å². The van der Waals surface area contributed by atoms with Gasteiger partial charge in [-0.25, -0.2) is 0 Å². The van der Waals surface area contributed by atoms with Gasteiger partial charge >= 0.3 is 0 Å². The third kappa shape index (κ3) is 4.70. The summed E-state index contributed by atoms with van der Waals surface area (Å²) in [6, 6.07) is 20.6. The van der Waals surface area contributed by atoms with E-state index in [1.54, 1.807) is 6.21 Å². The summed E-state index contributed by atoms with van der Waals surface area (Å²) >= 11 is 0. The van der Waals surface area contributed by atoms with Crippen molar-refractivity contribution in [2.45, 2.75) is 6.54 Å². The topological polar surface area (TPSA) is 30.9 Å². The van der Waals surface area contributed by atoms with Crippen molar-refractivity contribution in [1.29, 1.82) is 0 Å². The Hall–Kier alpha value is -2.59. The molecule has 0 bridgehead atoms. The normalized spacial score (nSPS) is 15.6. The zero-order chi connectivity index (χ0) is 16.6. The number of para-hydroxylation sites is 1. The van der Waals surface area contributed by atoms with Crippen LogP contribution in [0.5, 0.6) is 0 Å². The lowest BCUT2D eigenvalue weighted by Gasteiger charge is -2.36. The molecular formula is C20H24N4. The molecule has 0 spiro atoms. The number of rotatable bonds is 6. The first-order chi connectivity index (χ1) is 11.8. The highest BCUT2D eigenvalue weighted by molar-refractivity contribution is 5.77. The molecule has 1 aliphatic rings. The van der Waals surface area contributed by atoms with Gasteiger partial charge in [-0.05, 0) is 17.7 Å². The summed E-state index contributed by atoms with van der Waals surface area (Å²) < 4.78 is 0. The van der Waals surface area contributed by atoms with Crippen molar-refractivity contribution in [2.24, 2.45) is 5.10 Å². The average Bonchev–Trinajstić information content (AvgIpc) is 2.64. The number of hydrogen-bond donors (Lipinski definition) is 1. The highest BCUT2D eigenvalue weighted by Gasteiger charge is 2.17. The van der Waals surface area contributed by atoms with Crippen LogP contribution in [0.4, 0.5) is 5.69 Å². The summed E-state index contributed by atoms with van der Waals surface area (Å²) in [5.74, 6) is 0. The molecule has 0 saturated carbocycles. The van der Waals surface area contributed by atoms with Crippen molar-refractivity contribution in [1.82, 2.24) is 9.80 Å². The SMILES string of the molecule is C=C(/C=N/Nc1ccccc1)N1CCN(Cc2ccccc2)CC1. The molecule has 4 heteroatoms. The smallest absolute Gasteiger partial charge is 0.0699 e. The average molecular weight is 320 g/mol. The largest absolute Gasteiger partial charge is 0.368 e. The first-order valence-corrected chi connectivity index (χ1v) is 8.35. The van der Waals surface area contributed by atoms with Crippen LogP contribution < -0.4 is 5.43 Å². The van der Waals surface area contributed by atoms with E-state index in [0.29, 0.717) is 0 Å². The maximum Gasteiger partial charge on any atom is 0.0699 e. The number of hydrazone groups is 1. The van der Waals surface area contributed by atoms with Gasteiger partial charge in [0.2, 0.25) is 0 Å². The first-order valence-electron chi connectivity index (χ1n) is 8.35. The van der Waals surface area contributed by atoms with Crippen molar-refractivity contribution in [2.75, 3.05) is 31.6 Å². The molecule has 0 unspecified atom stereocenters. The molecular weight excluding hydrogens is 296 g/mol. The van der Waals surface area contributed by atoms with E-state index in [2.05, 4.69) is 57.2 Å². The summed E-state index contributed by atoms with van der Waals surface area (Å²) in [5, 5.41) is 4.27. The van der Waals surface area contributed by atoms with E-state index in [0.717, 1.165) is 44.1 Å². The van der Waals surface area contributed by atoms with Crippen molar-refractivity contribution in [3.05, 3.63) is 78.5 Å². The van der Waals surface area contributed by atoms with Gasteiger partial charge in [-0.15, -0.1) is 0 Å². The minimum Gasteiger partial charge on any atom is -0.368 e. The second-order valence-electron chi connectivity index (χ2n) is 5.98. The number of hydrogen-bond acceptors (Lipinski definition) is 4. The lowest BCUT2D eigenvalue weighted by Crippen LogP contribution is -2.45. The molecule has 2 aromatic carbocycles. The Bertz CT molecular complexity index is 659. The molecule has 1 aliphatic heterocycles. The number of anilines is 1. The van der Waals surface area contributed by atoms with Gasteiger partial charge in [-0.1, -0.05) is 55.1 Å². The second kappa shape index (κ2) is 8.31. The minimum absolute atomic E-state index is 0.956. The van der Waals surface area contributed by atoms with Crippen LogP contribution in [-0.2, 0) is 6.54 Å². The Morgan fingerprint density at radius 3 is 2.25 bits per heavy atom. The van der Waals surface area contributed by atoms with Crippen molar-refractivity contribution >= 4 is 11.9 Å². The third-order valence-corrected chi connectivity index (χ3v) is 4.21. The molecule has 1 heterocycles.